The van der Waals surface area contributed by atoms with Gasteiger partial charge in [-0.1, -0.05) is 16.8 Å². The van der Waals surface area contributed by atoms with Crippen LogP contribution in [0.4, 0.5) is 4.39 Å². The van der Waals surface area contributed by atoms with E-state index in [0.29, 0.717) is 28.1 Å². The van der Waals surface area contributed by atoms with Crippen molar-refractivity contribution in [1.29, 1.82) is 5.26 Å². The first-order chi connectivity index (χ1) is 17.0. The number of hydrogen-bond donors (Lipinski definition) is 2. The van der Waals surface area contributed by atoms with E-state index in [1.54, 1.807) is 16.8 Å². The number of fused-ring (bicyclic) bond motifs is 1. The van der Waals surface area contributed by atoms with Gasteiger partial charge in [-0.3, -0.25) is 4.98 Å². The summed E-state index contributed by atoms with van der Waals surface area (Å²) in [5, 5.41) is 36.4. The number of nitrogens with one attached hydrogen (secondary N) is 1. The number of pyridine rings is 2. The van der Waals surface area contributed by atoms with Gasteiger partial charge in [0.2, 0.25) is 0 Å². The van der Waals surface area contributed by atoms with Gasteiger partial charge < -0.3 is 15.2 Å². The van der Waals surface area contributed by atoms with Crippen LogP contribution >= 0.6 is 24.0 Å². The molecule has 0 radical (unpaired) electrons. The zero-order valence-corrected chi connectivity index (χ0v) is 20.8. The normalized spacial score (nSPS) is 14.9. The van der Waals surface area contributed by atoms with Crippen LogP contribution < -0.4 is 10.1 Å². The van der Waals surface area contributed by atoms with Crippen LogP contribution in [0.15, 0.2) is 30.7 Å². The minimum atomic E-state index is -1.17. The fourth-order valence-corrected chi connectivity index (χ4v) is 4.44. The first-order valence-corrected chi connectivity index (χ1v) is 11.5. The molecule has 0 spiro atoms. The van der Waals surface area contributed by atoms with Gasteiger partial charge in [-0.15, -0.1) is 17.5 Å². The summed E-state index contributed by atoms with van der Waals surface area (Å²) in [7, 11) is 0. The van der Waals surface area contributed by atoms with E-state index in [2.05, 4.69) is 31.8 Å². The molecule has 5 rings (SSSR count). The van der Waals surface area contributed by atoms with Crippen LogP contribution in [0.2, 0.25) is 5.02 Å². The fraction of sp³-hybridized carbons (Fsp3) is 0.348. The second-order valence-electron chi connectivity index (χ2n) is 8.36. The van der Waals surface area contributed by atoms with E-state index in [4.69, 9.17) is 16.3 Å². The van der Waals surface area contributed by atoms with Gasteiger partial charge in [-0.2, -0.15) is 10.4 Å². The second kappa shape index (κ2) is 10.8. The number of rotatable bonds is 6. The Hall–Kier alpha value is -3.30. The highest BCUT2D eigenvalue weighted by atomic mass is 35.5. The lowest BCUT2D eigenvalue weighted by Gasteiger charge is -2.23. The molecule has 1 atom stereocenters. The van der Waals surface area contributed by atoms with Crippen molar-refractivity contribution in [3.63, 3.8) is 0 Å². The summed E-state index contributed by atoms with van der Waals surface area (Å²) in [6.45, 7) is 3.64. The number of ether oxygens (including phenoxy) is 1. The molecule has 0 aliphatic carbocycles. The number of aliphatic hydroxyl groups excluding tert-OH is 1. The number of aliphatic hydroxyl groups is 1. The van der Waals surface area contributed by atoms with Crippen molar-refractivity contribution in [2.24, 2.45) is 0 Å². The molecule has 1 aliphatic heterocycles. The Morgan fingerprint density at radius 1 is 1.33 bits per heavy atom. The van der Waals surface area contributed by atoms with Gasteiger partial charge in [-0.25, -0.2) is 13.6 Å². The van der Waals surface area contributed by atoms with Crippen molar-refractivity contribution in [2.45, 2.75) is 31.9 Å². The molecule has 4 aromatic rings. The highest BCUT2D eigenvalue weighted by Crippen LogP contribution is 2.32. The minimum Gasteiger partial charge on any atom is -0.488 e. The highest BCUT2D eigenvalue weighted by Gasteiger charge is 2.23. The first-order valence-electron chi connectivity index (χ1n) is 11.1. The molecule has 13 heteroatoms. The Kier molecular flexibility index (Phi) is 7.70. The quantitative estimate of drug-likeness (QED) is 0.386. The van der Waals surface area contributed by atoms with Crippen LogP contribution in [0.25, 0.3) is 16.8 Å². The van der Waals surface area contributed by atoms with Gasteiger partial charge in [0.05, 0.1) is 34.8 Å². The average Bonchev–Trinajstić information content (AvgIpc) is 3.47. The van der Waals surface area contributed by atoms with Crippen LogP contribution in [0.3, 0.4) is 0 Å². The zero-order valence-electron chi connectivity index (χ0n) is 19.2. The molecule has 4 aromatic heterocycles. The molecule has 2 N–H and O–H groups in total. The number of piperidine rings is 1. The molecule has 0 bridgehead atoms. The van der Waals surface area contributed by atoms with Crippen molar-refractivity contribution in [3.8, 4) is 23.1 Å². The van der Waals surface area contributed by atoms with E-state index in [-0.39, 0.29) is 35.8 Å². The average molecular weight is 533 g/mol. The molecule has 1 saturated heterocycles. The topological polar surface area (TPSA) is 126 Å². The van der Waals surface area contributed by atoms with Gasteiger partial charge in [0.25, 0.3) is 0 Å². The second-order valence-corrected chi connectivity index (χ2v) is 8.76. The number of nitrogens with zero attached hydrogens (tertiary/aromatic N) is 7. The van der Waals surface area contributed by atoms with Crippen molar-refractivity contribution in [3.05, 3.63) is 58.5 Å². The standard InChI is InChI=1S/C23H22ClFN8O2.ClH/c1-13-22(30-31-33(13)16-2-4-27-5-3-16)14-6-21(23-15(8-26)9-29-32(23)11-14)35-12-20(34)19-7-17(24)18(25)10-28-19;/h6-7,9-11,16,20,27,34H,2-5,12H2,1H3;1H. The summed E-state index contributed by atoms with van der Waals surface area (Å²) < 4.78 is 22.9. The Labute approximate surface area is 217 Å². The van der Waals surface area contributed by atoms with Crippen LogP contribution in [-0.4, -0.2) is 54.4 Å². The van der Waals surface area contributed by atoms with Gasteiger partial charge in [0.1, 0.15) is 41.3 Å². The van der Waals surface area contributed by atoms with E-state index in [1.165, 1.54) is 12.3 Å². The van der Waals surface area contributed by atoms with Crippen LogP contribution in [0.1, 0.15) is 41.9 Å². The lowest BCUT2D eigenvalue weighted by Crippen LogP contribution is -2.30. The van der Waals surface area contributed by atoms with Gasteiger partial charge in [-0.05, 0) is 45.0 Å². The number of nitriles is 1. The van der Waals surface area contributed by atoms with Crippen molar-refractivity contribution < 1.29 is 14.2 Å². The largest absolute Gasteiger partial charge is 0.488 e. The van der Waals surface area contributed by atoms with Crippen molar-refractivity contribution >= 4 is 29.5 Å². The van der Waals surface area contributed by atoms with Crippen LogP contribution in [-0.2, 0) is 0 Å². The van der Waals surface area contributed by atoms with Crippen LogP contribution in [0, 0.1) is 24.1 Å². The van der Waals surface area contributed by atoms with E-state index in [0.717, 1.165) is 37.8 Å². The predicted molar refractivity (Wildman–Crippen MR) is 132 cm³/mol. The molecule has 36 heavy (non-hydrogen) atoms. The molecule has 5 heterocycles. The third kappa shape index (κ3) is 4.85. The third-order valence-corrected chi connectivity index (χ3v) is 6.41. The molecule has 0 saturated carbocycles. The van der Waals surface area contributed by atoms with Gasteiger partial charge in [0.15, 0.2) is 5.82 Å². The molecule has 1 unspecified atom stereocenters. The lowest BCUT2D eigenvalue weighted by atomic mass is 10.1. The maximum Gasteiger partial charge on any atom is 0.160 e. The summed E-state index contributed by atoms with van der Waals surface area (Å²) in [4.78, 5) is 3.88. The van der Waals surface area contributed by atoms with E-state index in [1.807, 2.05) is 11.6 Å². The monoisotopic (exact) mass is 532 g/mol. The smallest absolute Gasteiger partial charge is 0.160 e. The lowest BCUT2D eigenvalue weighted by molar-refractivity contribution is 0.105. The molecule has 10 nitrogen and oxygen atoms in total. The molecule has 1 fully saturated rings. The Bertz CT molecular complexity index is 1430. The summed E-state index contributed by atoms with van der Waals surface area (Å²) in [6, 6.07) is 5.38. The number of aromatic nitrogens is 6. The summed E-state index contributed by atoms with van der Waals surface area (Å²) in [5.74, 6) is -0.344. The van der Waals surface area contributed by atoms with Crippen LogP contribution in [0.5, 0.6) is 5.75 Å². The molecule has 1 aliphatic rings. The molecular weight excluding hydrogens is 510 g/mol. The number of halogens is 3. The Morgan fingerprint density at radius 3 is 2.83 bits per heavy atom. The maximum atomic E-state index is 13.4. The molecule has 0 aromatic carbocycles. The van der Waals surface area contributed by atoms with E-state index >= 15 is 0 Å². The maximum absolute atomic E-state index is 13.4. The highest BCUT2D eigenvalue weighted by molar-refractivity contribution is 6.30. The fourth-order valence-electron chi connectivity index (χ4n) is 4.28. The van der Waals surface area contributed by atoms with Crippen molar-refractivity contribution in [1.82, 2.24) is 34.9 Å². The summed E-state index contributed by atoms with van der Waals surface area (Å²) in [6.07, 6.45) is 4.93. The minimum absolute atomic E-state index is 0. The predicted octanol–water partition coefficient (Wildman–Crippen LogP) is 3.42. The first kappa shape index (κ1) is 25.8. The zero-order chi connectivity index (χ0) is 24.5. The number of hydrogen-bond acceptors (Lipinski definition) is 8. The van der Waals surface area contributed by atoms with Crippen molar-refractivity contribution in [2.75, 3.05) is 19.7 Å². The molecular formula is C23H23Cl2FN8O2. The molecule has 0 amide bonds. The van der Waals surface area contributed by atoms with Gasteiger partial charge in [0, 0.05) is 11.8 Å². The summed E-state index contributed by atoms with van der Waals surface area (Å²) >= 11 is 5.81. The summed E-state index contributed by atoms with van der Waals surface area (Å²) in [5.41, 5.74) is 3.24. The van der Waals surface area contributed by atoms with Gasteiger partial charge >= 0.3 is 0 Å². The van der Waals surface area contributed by atoms with E-state index < -0.39 is 11.9 Å². The Balaban J connectivity index is 0.00000304. The van der Waals surface area contributed by atoms with E-state index in [9.17, 15) is 14.8 Å². The third-order valence-electron chi connectivity index (χ3n) is 6.12. The SMILES string of the molecule is Cc1c(-c2cc(OCC(O)c3cc(Cl)c(F)cn3)c3c(C#N)cnn3c2)nnn1C1CCNCC1.Cl. The Morgan fingerprint density at radius 2 is 2.11 bits per heavy atom. The molecule has 188 valence electrons.